The highest BCUT2D eigenvalue weighted by molar-refractivity contribution is 14.0. The molecule has 1 aliphatic carbocycles. The Morgan fingerprint density at radius 3 is 2.14 bits per heavy atom. The number of thioether (sulfide) groups is 1. The molecule has 28 heavy (non-hydrogen) atoms. The van der Waals surface area contributed by atoms with Crippen molar-refractivity contribution in [3.63, 3.8) is 0 Å². The van der Waals surface area contributed by atoms with Gasteiger partial charge in [0.1, 0.15) is 0 Å². The third-order valence-corrected chi connectivity index (χ3v) is 8.45. The Balaban J connectivity index is 0.00000280. The summed E-state index contributed by atoms with van der Waals surface area (Å²) in [6.45, 7) is 6.32. The summed E-state index contributed by atoms with van der Waals surface area (Å²) < 4.78 is 5.86. The molecule has 0 aromatic rings. The molecule has 0 aromatic heterocycles. The minimum absolute atomic E-state index is 0. The van der Waals surface area contributed by atoms with Crippen molar-refractivity contribution in [3.8, 4) is 0 Å². The third-order valence-electron chi connectivity index (χ3n) is 7.03. The quantitative estimate of drug-likeness (QED) is 0.314. The number of nitrogens with one attached hydrogen (secondary N) is 2. The van der Waals surface area contributed by atoms with Crippen molar-refractivity contribution < 1.29 is 4.74 Å². The van der Waals surface area contributed by atoms with Crippen molar-refractivity contribution in [3.05, 3.63) is 0 Å². The zero-order valence-corrected chi connectivity index (χ0v) is 21.1. The van der Waals surface area contributed by atoms with Gasteiger partial charge >= 0.3 is 0 Å². The summed E-state index contributed by atoms with van der Waals surface area (Å²) in [5, 5.41) is 7.35. The summed E-state index contributed by atoms with van der Waals surface area (Å²) in [5.41, 5.74) is 0.339. The molecule has 0 aromatic carbocycles. The van der Waals surface area contributed by atoms with Crippen molar-refractivity contribution >= 4 is 41.7 Å². The normalized spacial score (nSPS) is 25.6. The molecule has 0 unspecified atom stereocenters. The summed E-state index contributed by atoms with van der Waals surface area (Å²) in [6.07, 6.45) is 15.4. The second kappa shape index (κ2) is 12.2. The molecular formula is C21H41IN4OS. The van der Waals surface area contributed by atoms with E-state index in [-0.39, 0.29) is 28.7 Å². The lowest BCUT2D eigenvalue weighted by Crippen LogP contribution is -2.59. The van der Waals surface area contributed by atoms with E-state index in [0.29, 0.717) is 5.54 Å². The predicted octanol–water partition coefficient (Wildman–Crippen LogP) is 3.87. The van der Waals surface area contributed by atoms with Crippen LogP contribution in [0.2, 0.25) is 0 Å². The first-order valence-electron chi connectivity index (χ1n) is 11.0. The summed E-state index contributed by atoms with van der Waals surface area (Å²) in [7, 11) is 1.90. The minimum Gasteiger partial charge on any atom is -0.381 e. The van der Waals surface area contributed by atoms with E-state index in [1.54, 1.807) is 0 Å². The van der Waals surface area contributed by atoms with E-state index in [1.807, 2.05) is 18.8 Å². The maximum absolute atomic E-state index is 5.57. The highest BCUT2D eigenvalue weighted by atomic mass is 127. The van der Waals surface area contributed by atoms with Crippen molar-refractivity contribution in [2.45, 2.75) is 74.5 Å². The molecule has 2 heterocycles. The van der Waals surface area contributed by atoms with Crippen LogP contribution in [0.4, 0.5) is 0 Å². The second-order valence-electron chi connectivity index (χ2n) is 8.61. The average molecular weight is 525 g/mol. The Kier molecular flexibility index (Phi) is 10.7. The lowest BCUT2D eigenvalue weighted by atomic mass is 9.79. The third kappa shape index (κ3) is 6.38. The Morgan fingerprint density at radius 2 is 1.54 bits per heavy atom. The van der Waals surface area contributed by atoms with Gasteiger partial charge in [-0.25, -0.2) is 0 Å². The van der Waals surface area contributed by atoms with Crippen molar-refractivity contribution in [1.29, 1.82) is 0 Å². The summed E-state index contributed by atoms with van der Waals surface area (Å²) in [4.78, 5) is 7.34. The van der Waals surface area contributed by atoms with Gasteiger partial charge in [0.25, 0.3) is 0 Å². The Morgan fingerprint density at radius 1 is 0.929 bits per heavy atom. The van der Waals surface area contributed by atoms with Crippen LogP contribution in [-0.2, 0) is 4.74 Å². The lowest BCUT2D eigenvalue weighted by Gasteiger charge is -2.48. The van der Waals surface area contributed by atoms with Crippen molar-refractivity contribution in [2.75, 3.05) is 52.7 Å². The SMILES string of the molecule is CN=C(NCC1(SC)CCOCC1)NCC1(N2CCCCC2)CCCCC1.I. The van der Waals surface area contributed by atoms with Crippen molar-refractivity contribution in [2.24, 2.45) is 4.99 Å². The minimum atomic E-state index is 0. The van der Waals surface area contributed by atoms with Gasteiger partial charge < -0.3 is 15.4 Å². The predicted molar refractivity (Wildman–Crippen MR) is 132 cm³/mol. The van der Waals surface area contributed by atoms with Gasteiger partial charge in [0, 0.05) is 43.6 Å². The smallest absolute Gasteiger partial charge is 0.191 e. The van der Waals surface area contributed by atoms with Crippen LogP contribution in [0.15, 0.2) is 4.99 Å². The molecule has 3 aliphatic rings. The molecule has 2 N–H and O–H groups in total. The van der Waals surface area contributed by atoms with Gasteiger partial charge in [-0.3, -0.25) is 9.89 Å². The van der Waals surface area contributed by atoms with E-state index < -0.39 is 0 Å². The van der Waals surface area contributed by atoms with Crippen LogP contribution in [0, 0.1) is 0 Å². The largest absolute Gasteiger partial charge is 0.381 e. The number of likely N-dealkylation sites (tertiary alicyclic amines) is 1. The van der Waals surface area contributed by atoms with Gasteiger partial charge in [-0.1, -0.05) is 25.7 Å². The molecule has 3 rings (SSSR count). The van der Waals surface area contributed by atoms with Crippen LogP contribution < -0.4 is 10.6 Å². The molecule has 0 atom stereocenters. The van der Waals surface area contributed by atoms with Gasteiger partial charge in [-0.05, 0) is 57.9 Å². The monoisotopic (exact) mass is 524 g/mol. The van der Waals surface area contributed by atoms with E-state index in [0.717, 1.165) is 45.1 Å². The van der Waals surface area contributed by atoms with Gasteiger partial charge in [0.2, 0.25) is 0 Å². The molecule has 2 aliphatic heterocycles. The van der Waals surface area contributed by atoms with E-state index >= 15 is 0 Å². The number of guanidine groups is 1. The zero-order chi connectivity index (χ0) is 19.0. The fourth-order valence-corrected chi connectivity index (χ4v) is 5.88. The van der Waals surface area contributed by atoms with Crippen LogP contribution in [0.25, 0.3) is 0 Å². The van der Waals surface area contributed by atoms with E-state index in [4.69, 9.17) is 4.74 Å². The Labute approximate surface area is 193 Å². The first-order valence-corrected chi connectivity index (χ1v) is 12.3. The maximum atomic E-state index is 5.57. The number of halogens is 1. The molecule has 0 amide bonds. The molecule has 3 fully saturated rings. The summed E-state index contributed by atoms with van der Waals surface area (Å²) >= 11 is 1.98. The molecule has 5 nitrogen and oxygen atoms in total. The standard InChI is InChI=1S/C21H40N4OS.HI/c1-22-19(24-18-21(27-2)11-15-26-16-12-21)23-17-20(9-5-3-6-10-20)25-13-7-4-8-14-25;/h3-18H2,1-2H3,(H2,22,23,24);1H. The number of hydrogen-bond donors (Lipinski definition) is 2. The highest BCUT2D eigenvalue weighted by Crippen LogP contribution is 2.35. The fourth-order valence-electron chi connectivity index (χ4n) is 5.09. The van der Waals surface area contributed by atoms with Gasteiger partial charge in [0.05, 0.1) is 0 Å². The molecule has 0 spiro atoms. The van der Waals surface area contributed by atoms with Crippen molar-refractivity contribution in [1.82, 2.24) is 15.5 Å². The van der Waals surface area contributed by atoms with Crippen LogP contribution >= 0.6 is 35.7 Å². The Hall–Kier alpha value is 0.270. The number of piperidine rings is 1. The number of rotatable bonds is 6. The molecule has 0 radical (unpaired) electrons. The Bertz CT molecular complexity index is 473. The van der Waals surface area contributed by atoms with Crippen LogP contribution in [0.5, 0.6) is 0 Å². The lowest BCUT2D eigenvalue weighted by molar-refractivity contribution is 0.0368. The van der Waals surface area contributed by atoms with Crippen LogP contribution in [0.1, 0.15) is 64.2 Å². The first kappa shape index (κ1) is 24.5. The molecule has 1 saturated carbocycles. The summed E-state index contributed by atoms with van der Waals surface area (Å²) in [5.74, 6) is 0.969. The van der Waals surface area contributed by atoms with Crippen LogP contribution in [-0.4, -0.2) is 73.8 Å². The van der Waals surface area contributed by atoms with E-state index in [2.05, 4.69) is 26.8 Å². The number of ether oxygens (including phenoxy) is 1. The van der Waals surface area contributed by atoms with E-state index in [1.165, 1.54) is 64.5 Å². The molecule has 164 valence electrons. The molecular weight excluding hydrogens is 483 g/mol. The van der Waals surface area contributed by atoms with Gasteiger partial charge in [-0.15, -0.1) is 24.0 Å². The highest BCUT2D eigenvalue weighted by Gasteiger charge is 2.38. The fraction of sp³-hybridized carbons (Fsp3) is 0.952. The molecule has 0 bridgehead atoms. The zero-order valence-electron chi connectivity index (χ0n) is 17.9. The van der Waals surface area contributed by atoms with Gasteiger partial charge in [0.15, 0.2) is 5.96 Å². The maximum Gasteiger partial charge on any atom is 0.191 e. The average Bonchev–Trinajstić information content (AvgIpc) is 2.76. The molecule has 7 heteroatoms. The first-order chi connectivity index (χ1) is 13.2. The second-order valence-corrected chi connectivity index (χ2v) is 9.89. The number of hydrogen-bond acceptors (Lipinski definition) is 4. The molecule has 2 saturated heterocycles. The topological polar surface area (TPSA) is 48.9 Å². The summed E-state index contributed by atoms with van der Waals surface area (Å²) in [6, 6.07) is 0. The van der Waals surface area contributed by atoms with Gasteiger partial charge in [-0.2, -0.15) is 11.8 Å². The number of nitrogens with zero attached hydrogens (tertiary/aromatic N) is 2. The van der Waals surface area contributed by atoms with E-state index in [9.17, 15) is 0 Å². The number of aliphatic imine (C=N–C) groups is 1. The van der Waals surface area contributed by atoms with Crippen LogP contribution in [0.3, 0.4) is 0 Å².